The van der Waals surface area contributed by atoms with E-state index in [2.05, 4.69) is 10.1 Å². The van der Waals surface area contributed by atoms with Crippen LogP contribution in [0.2, 0.25) is 5.02 Å². The molecule has 4 nitrogen and oxygen atoms in total. The number of carbonyl (C=O) groups is 1. The number of hydrogen-bond donors (Lipinski definition) is 0. The number of nitrogens with zero attached hydrogens (tertiary/aromatic N) is 3. The molecule has 0 atom stereocenters. The van der Waals surface area contributed by atoms with E-state index in [1.807, 2.05) is 30.3 Å². The van der Waals surface area contributed by atoms with E-state index in [-0.39, 0.29) is 5.91 Å². The molecule has 0 N–H and O–H groups in total. The van der Waals surface area contributed by atoms with Gasteiger partial charge >= 0.3 is 0 Å². The van der Waals surface area contributed by atoms with Gasteiger partial charge in [-0.05, 0) is 11.6 Å². The summed E-state index contributed by atoms with van der Waals surface area (Å²) in [6, 6.07) is 11.5. The summed E-state index contributed by atoms with van der Waals surface area (Å²) in [6.45, 7) is 0.564. The smallest absolute Gasteiger partial charge is 0.267 e. The zero-order chi connectivity index (χ0) is 13.9. The number of halogens is 1. The van der Waals surface area contributed by atoms with E-state index < -0.39 is 0 Å². The summed E-state index contributed by atoms with van der Waals surface area (Å²) in [4.78, 5) is 16.3. The number of benzene rings is 1. The molecule has 0 radical (unpaired) electrons. The first-order valence-corrected chi connectivity index (χ1v) is 6.68. The van der Waals surface area contributed by atoms with Gasteiger partial charge in [-0.1, -0.05) is 41.9 Å². The van der Waals surface area contributed by atoms with Gasteiger partial charge < -0.3 is 0 Å². The number of rotatable bonds is 2. The van der Waals surface area contributed by atoms with Crippen LogP contribution in [0.1, 0.15) is 22.3 Å². The molecule has 0 unspecified atom stereocenters. The van der Waals surface area contributed by atoms with Gasteiger partial charge in [-0.3, -0.25) is 9.78 Å². The SMILES string of the molecule is O=C(c1cnccc1Cl)N1CCC(c2ccccc2)=N1. The zero-order valence-corrected chi connectivity index (χ0v) is 11.4. The van der Waals surface area contributed by atoms with Crippen LogP contribution in [0.4, 0.5) is 0 Å². The van der Waals surface area contributed by atoms with Gasteiger partial charge in [0, 0.05) is 18.8 Å². The fraction of sp³-hybridized carbons (Fsp3) is 0.133. The summed E-state index contributed by atoms with van der Waals surface area (Å²) in [6.07, 6.45) is 3.77. The molecule has 0 saturated heterocycles. The molecule has 0 aliphatic carbocycles. The number of hydrogen-bond acceptors (Lipinski definition) is 3. The minimum absolute atomic E-state index is 0.214. The molecule has 1 amide bonds. The van der Waals surface area contributed by atoms with E-state index in [0.717, 1.165) is 17.7 Å². The zero-order valence-electron chi connectivity index (χ0n) is 10.7. The van der Waals surface area contributed by atoms with Crippen molar-refractivity contribution in [3.8, 4) is 0 Å². The van der Waals surface area contributed by atoms with E-state index in [1.54, 1.807) is 12.3 Å². The van der Waals surface area contributed by atoms with Gasteiger partial charge in [0.1, 0.15) is 0 Å². The molecule has 1 aromatic heterocycles. The van der Waals surface area contributed by atoms with Crippen LogP contribution in [-0.2, 0) is 0 Å². The number of pyridine rings is 1. The highest BCUT2D eigenvalue weighted by atomic mass is 35.5. The summed E-state index contributed by atoms with van der Waals surface area (Å²) in [7, 11) is 0. The van der Waals surface area contributed by atoms with Crippen LogP contribution in [0, 0.1) is 0 Å². The number of amides is 1. The summed E-state index contributed by atoms with van der Waals surface area (Å²) < 4.78 is 0. The van der Waals surface area contributed by atoms with Crippen molar-refractivity contribution >= 4 is 23.2 Å². The minimum Gasteiger partial charge on any atom is -0.267 e. The lowest BCUT2D eigenvalue weighted by Gasteiger charge is -2.11. The molecule has 2 aromatic rings. The second-order valence-corrected chi connectivity index (χ2v) is 4.85. The second kappa shape index (κ2) is 5.43. The first-order chi connectivity index (χ1) is 9.75. The molecule has 0 fully saturated rings. The van der Waals surface area contributed by atoms with Crippen LogP contribution in [0.15, 0.2) is 53.9 Å². The molecular formula is C15H12ClN3O. The summed E-state index contributed by atoms with van der Waals surface area (Å²) >= 11 is 6.01. The van der Waals surface area contributed by atoms with Crippen molar-refractivity contribution in [3.63, 3.8) is 0 Å². The Balaban J connectivity index is 1.85. The standard InChI is InChI=1S/C15H12ClN3O/c16-13-6-8-17-10-12(13)15(20)19-9-7-14(18-19)11-4-2-1-3-5-11/h1-6,8,10H,7,9H2. The van der Waals surface area contributed by atoms with Crippen molar-refractivity contribution in [2.45, 2.75) is 6.42 Å². The third kappa shape index (κ3) is 2.42. The Hall–Kier alpha value is -2.20. The molecule has 100 valence electrons. The van der Waals surface area contributed by atoms with E-state index >= 15 is 0 Å². The van der Waals surface area contributed by atoms with Crippen molar-refractivity contribution in [3.05, 3.63) is 64.9 Å². The average Bonchev–Trinajstić information content (AvgIpc) is 2.98. The lowest BCUT2D eigenvalue weighted by Crippen LogP contribution is -2.23. The van der Waals surface area contributed by atoms with Crippen LogP contribution in [0.3, 0.4) is 0 Å². The molecular weight excluding hydrogens is 274 g/mol. The Morgan fingerprint density at radius 3 is 2.75 bits per heavy atom. The van der Waals surface area contributed by atoms with Crippen molar-refractivity contribution in [2.24, 2.45) is 5.10 Å². The Labute approximate surface area is 121 Å². The number of aromatic nitrogens is 1. The lowest BCUT2D eigenvalue weighted by atomic mass is 10.1. The number of hydrazone groups is 1. The average molecular weight is 286 g/mol. The van der Waals surface area contributed by atoms with Crippen LogP contribution >= 0.6 is 11.6 Å². The first kappa shape index (κ1) is 12.8. The van der Waals surface area contributed by atoms with Crippen LogP contribution < -0.4 is 0 Å². The van der Waals surface area contributed by atoms with E-state index in [0.29, 0.717) is 17.1 Å². The van der Waals surface area contributed by atoms with E-state index in [4.69, 9.17) is 11.6 Å². The predicted molar refractivity (Wildman–Crippen MR) is 77.9 cm³/mol. The van der Waals surface area contributed by atoms with Gasteiger partial charge in [-0.25, -0.2) is 5.01 Å². The number of carbonyl (C=O) groups excluding carboxylic acids is 1. The van der Waals surface area contributed by atoms with Gasteiger partial charge in [0.05, 0.1) is 22.8 Å². The van der Waals surface area contributed by atoms with Crippen molar-refractivity contribution < 1.29 is 4.79 Å². The molecule has 1 aliphatic heterocycles. The third-order valence-electron chi connectivity index (χ3n) is 3.14. The second-order valence-electron chi connectivity index (χ2n) is 4.45. The fourth-order valence-electron chi connectivity index (χ4n) is 2.11. The highest BCUT2D eigenvalue weighted by Crippen LogP contribution is 2.20. The third-order valence-corrected chi connectivity index (χ3v) is 3.47. The largest absolute Gasteiger partial charge is 0.277 e. The van der Waals surface area contributed by atoms with Gasteiger partial charge in [-0.15, -0.1) is 0 Å². The Morgan fingerprint density at radius 1 is 1.20 bits per heavy atom. The highest BCUT2D eigenvalue weighted by Gasteiger charge is 2.24. The molecule has 1 aliphatic rings. The van der Waals surface area contributed by atoms with Crippen molar-refractivity contribution in [1.29, 1.82) is 0 Å². The minimum atomic E-state index is -0.214. The van der Waals surface area contributed by atoms with Crippen LogP contribution in [0.25, 0.3) is 0 Å². The van der Waals surface area contributed by atoms with Crippen molar-refractivity contribution in [1.82, 2.24) is 9.99 Å². The Morgan fingerprint density at radius 2 is 2.00 bits per heavy atom. The lowest BCUT2D eigenvalue weighted by molar-refractivity contribution is 0.0778. The van der Waals surface area contributed by atoms with Gasteiger partial charge in [0.2, 0.25) is 0 Å². The van der Waals surface area contributed by atoms with Crippen LogP contribution in [0.5, 0.6) is 0 Å². The molecule has 2 heterocycles. The van der Waals surface area contributed by atoms with Crippen molar-refractivity contribution in [2.75, 3.05) is 6.54 Å². The Bertz CT molecular complexity index is 670. The fourth-order valence-corrected chi connectivity index (χ4v) is 2.30. The molecule has 0 saturated carbocycles. The maximum atomic E-state index is 12.3. The molecule has 20 heavy (non-hydrogen) atoms. The van der Waals surface area contributed by atoms with Gasteiger partial charge in [0.15, 0.2) is 0 Å². The molecule has 0 bridgehead atoms. The summed E-state index contributed by atoms with van der Waals surface area (Å²) in [5, 5.41) is 6.24. The quantitative estimate of drug-likeness (QED) is 0.851. The maximum absolute atomic E-state index is 12.3. The van der Waals surface area contributed by atoms with Gasteiger partial charge in [-0.2, -0.15) is 5.10 Å². The molecule has 5 heteroatoms. The van der Waals surface area contributed by atoms with Gasteiger partial charge in [0.25, 0.3) is 5.91 Å². The van der Waals surface area contributed by atoms with Crippen LogP contribution in [-0.4, -0.2) is 28.2 Å². The van der Waals surface area contributed by atoms with E-state index in [1.165, 1.54) is 11.2 Å². The normalized spacial score (nSPS) is 14.2. The first-order valence-electron chi connectivity index (χ1n) is 6.30. The highest BCUT2D eigenvalue weighted by molar-refractivity contribution is 6.33. The summed E-state index contributed by atoms with van der Waals surface area (Å²) in [5.41, 5.74) is 2.34. The Kier molecular flexibility index (Phi) is 3.48. The predicted octanol–water partition coefficient (Wildman–Crippen LogP) is 2.99. The summed E-state index contributed by atoms with van der Waals surface area (Å²) in [5.74, 6) is -0.214. The molecule has 0 spiro atoms. The maximum Gasteiger partial charge on any atom is 0.277 e. The molecule has 1 aromatic carbocycles. The topological polar surface area (TPSA) is 45.6 Å². The molecule has 3 rings (SSSR count). The monoisotopic (exact) mass is 285 g/mol. The van der Waals surface area contributed by atoms with E-state index in [9.17, 15) is 4.79 Å².